The van der Waals surface area contributed by atoms with Crippen molar-refractivity contribution in [3.8, 4) is 5.75 Å². The fraction of sp³-hybridized carbons (Fsp3) is 0.500. The lowest BCUT2D eigenvalue weighted by Crippen LogP contribution is -2.44. The maximum absolute atomic E-state index is 12.5. The molecule has 0 spiro atoms. The van der Waals surface area contributed by atoms with E-state index in [9.17, 15) is 4.79 Å². The van der Waals surface area contributed by atoms with Crippen LogP contribution >= 0.6 is 11.6 Å². The van der Waals surface area contributed by atoms with Gasteiger partial charge in [-0.05, 0) is 44.1 Å². The molecule has 5 heteroatoms. The van der Waals surface area contributed by atoms with Crippen LogP contribution < -0.4 is 10.1 Å². The number of ether oxygens (including phenoxy) is 1. The molecule has 0 bridgehead atoms. The third-order valence-electron chi connectivity index (χ3n) is 3.57. The van der Waals surface area contributed by atoms with Gasteiger partial charge in [0.25, 0.3) is 5.91 Å². The van der Waals surface area contributed by atoms with Crippen molar-refractivity contribution in [3.05, 3.63) is 28.8 Å². The number of nitrogens with one attached hydrogen (secondary N) is 1. The van der Waals surface area contributed by atoms with Crippen LogP contribution in [-0.2, 0) is 0 Å². The van der Waals surface area contributed by atoms with Crippen LogP contribution in [0.5, 0.6) is 5.75 Å². The second-order valence-electron chi connectivity index (χ2n) is 4.74. The fourth-order valence-corrected chi connectivity index (χ4v) is 2.57. The van der Waals surface area contributed by atoms with E-state index in [0.717, 1.165) is 25.9 Å². The van der Waals surface area contributed by atoms with Gasteiger partial charge in [-0.15, -0.1) is 0 Å². The fourth-order valence-electron chi connectivity index (χ4n) is 2.40. The zero-order valence-electron chi connectivity index (χ0n) is 11.3. The van der Waals surface area contributed by atoms with E-state index >= 15 is 0 Å². The van der Waals surface area contributed by atoms with Crippen molar-refractivity contribution in [2.45, 2.75) is 18.9 Å². The summed E-state index contributed by atoms with van der Waals surface area (Å²) in [4.78, 5) is 14.3. The molecule has 1 aromatic rings. The zero-order valence-corrected chi connectivity index (χ0v) is 12.0. The van der Waals surface area contributed by atoms with E-state index in [2.05, 4.69) is 5.32 Å². The van der Waals surface area contributed by atoms with Crippen molar-refractivity contribution in [1.29, 1.82) is 0 Å². The van der Waals surface area contributed by atoms with E-state index in [1.54, 1.807) is 30.2 Å². The van der Waals surface area contributed by atoms with Gasteiger partial charge >= 0.3 is 0 Å². The normalized spacial score (nSPS) is 16.2. The van der Waals surface area contributed by atoms with Gasteiger partial charge in [0.1, 0.15) is 5.75 Å². The summed E-state index contributed by atoms with van der Waals surface area (Å²) in [7, 11) is 3.41. The maximum atomic E-state index is 12.5. The monoisotopic (exact) mass is 282 g/mol. The molecule has 1 aliphatic rings. The number of amides is 1. The summed E-state index contributed by atoms with van der Waals surface area (Å²) in [5.41, 5.74) is 0.524. The molecule has 0 aliphatic carbocycles. The molecule has 1 aromatic carbocycles. The number of piperidine rings is 1. The standard InChI is InChI=1S/C14H19ClN2O2/c1-17(11-5-7-16-8-6-11)14(18)12-9-10(15)3-4-13(12)19-2/h3-4,9,11,16H,5-8H2,1-2H3. The number of rotatable bonds is 3. The number of carbonyl (C=O) groups excluding carboxylic acids is 1. The van der Waals surface area contributed by atoms with Gasteiger partial charge in [-0.1, -0.05) is 11.6 Å². The highest BCUT2D eigenvalue weighted by Gasteiger charge is 2.24. The number of hydrogen-bond donors (Lipinski definition) is 1. The average Bonchev–Trinajstić information content (AvgIpc) is 2.46. The van der Waals surface area contributed by atoms with Crippen LogP contribution in [0.4, 0.5) is 0 Å². The molecule has 0 radical (unpaired) electrons. The first-order valence-electron chi connectivity index (χ1n) is 6.45. The molecular formula is C14H19ClN2O2. The highest BCUT2D eigenvalue weighted by Crippen LogP contribution is 2.25. The first-order chi connectivity index (χ1) is 9.13. The Kier molecular flexibility index (Phi) is 4.66. The Morgan fingerprint density at radius 1 is 1.42 bits per heavy atom. The lowest BCUT2D eigenvalue weighted by molar-refractivity contribution is 0.0700. The largest absolute Gasteiger partial charge is 0.496 e. The molecule has 2 rings (SSSR count). The number of hydrogen-bond acceptors (Lipinski definition) is 3. The lowest BCUT2D eigenvalue weighted by atomic mass is 10.0. The van der Waals surface area contributed by atoms with Crippen LogP contribution in [0.15, 0.2) is 18.2 Å². The van der Waals surface area contributed by atoms with E-state index in [0.29, 0.717) is 16.3 Å². The van der Waals surface area contributed by atoms with Gasteiger partial charge in [-0.3, -0.25) is 4.79 Å². The molecule has 0 saturated carbocycles. The van der Waals surface area contributed by atoms with Gasteiger partial charge in [0, 0.05) is 18.1 Å². The van der Waals surface area contributed by atoms with Crippen LogP contribution in [0.3, 0.4) is 0 Å². The second kappa shape index (κ2) is 6.26. The second-order valence-corrected chi connectivity index (χ2v) is 5.18. The molecule has 1 saturated heterocycles. The van der Waals surface area contributed by atoms with E-state index in [1.807, 2.05) is 7.05 Å². The first kappa shape index (κ1) is 14.2. The molecule has 1 heterocycles. The molecule has 1 N–H and O–H groups in total. The minimum Gasteiger partial charge on any atom is -0.496 e. The van der Waals surface area contributed by atoms with Gasteiger partial charge in [-0.25, -0.2) is 0 Å². The molecule has 0 unspecified atom stereocenters. The highest BCUT2D eigenvalue weighted by molar-refractivity contribution is 6.31. The third-order valence-corrected chi connectivity index (χ3v) is 3.80. The van der Waals surface area contributed by atoms with E-state index in [-0.39, 0.29) is 11.9 Å². The summed E-state index contributed by atoms with van der Waals surface area (Å²) in [5, 5.41) is 3.84. The minimum atomic E-state index is -0.0359. The molecule has 104 valence electrons. The summed E-state index contributed by atoms with van der Waals surface area (Å²) < 4.78 is 5.24. The van der Waals surface area contributed by atoms with Gasteiger partial charge < -0.3 is 15.0 Å². The lowest BCUT2D eigenvalue weighted by Gasteiger charge is -2.32. The number of methoxy groups -OCH3 is 1. The minimum absolute atomic E-state index is 0.0359. The first-order valence-corrected chi connectivity index (χ1v) is 6.82. The average molecular weight is 283 g/mol. The van der Waals surface area contributed by atoms with Crippen molar-refractivity contribution in [3.63, 3.8) is 0 Å². The Labute approximate surface area is 118 Å². The van der Waals surface area contributed by atoms with Gasteiger partial charge in [0.2, 0.25) is 0 Å². The van der Waals surface area contributed by atoms with E-state index < -0.39 is 0 Å². The molecule has 1 amide bonds. The van der Waals surface area contributed by atoms with Crippen LogP contribution in [0.25, 0.3) is 0 Å². The summed E-state index contributed by atoms with van der Waals surface area (Å²) in [6, 6.07) is 5.39. The van der Waals surface area contributed by atoms with E-state index in [4.69, 9.17) is 16.3 Å². The Morgan fingerprint density at radius 3 is 2.74 bits per heavy atom. The molecule has 4 nitrogen and oxygen atoms in total. The topological polar surface area (TPSA) is 41.6 Å². The SMILES string of the molecule is COc1ccc(Cl)cc1C(=O)N(C)C1CCNCC1. The van der Waals surface area contributed by atoms with Crippen LogP contribution in [0, 0.1) is 0 Å². The predicted octanol–water partition coefficient (Wildman–Crippen LogP) is 2.17. The molecule has 0 atom stereocenters. The number of benzene rings is 1. The molecule has 1 aliphatic heterocycles. The summed E-state index contributed by atoms with van der Waals surface area (Å²) >= 11 is 5.97. The van der Waals surface area contributed by atoms with Crippen molar-refractivity contribution < 1.29 is 9.53 Å². The number of carbonyl (C=O) groups is 1. The number of nitrogens with zero attached hydrogens (tertiary/aromatic N) is 1. The molecule has 19 heavy (non-hydrogen) atoms. The smallest absolute Gasteiger partial charge is 0.257 e. The summed E-state index contributed by atoms with van der Waals surface area (Å²) in [6.07, 6.45) is 1.95. The zero-order chi connectivity index (χ0) is 13.8. The van der Waals surface area contributed by atoms with Gasteiger partial charge in [0.15, 0.2) is 0 Å². The highest BCUT2D eigenvalue weighted by atomic mass is 35.5. The predicted molar refractivity (Wildman–Crippen MR) is 76.0 cm³/mol. The quantitative estimate of drug-likeness (QED) is 0.924. The Balaban J connectivity index is 2.20. The van der Waals surface area contributed by atoms with Crippen molar-refractivity contribution in [1.82, 2.24) is 10.2 Å². The van der Waals surface area contributed by atoms with Crippen molar-refractivity contribution in [2.24, 2.45) is 0 Å². The maximum Gasteiger partial charge on any atom is 0.257 e. The Morgan fingerprint density at radius 2 is 2.11 bits per heavy atom. The summed E-state index contributed by atoms with van der Waals surface area (Å²) in [6.45, 7) is 1.91. The van der Waals surface area contributed by atoms with Gasteiger partial charge in [-0.2, -0.15) is 0 Å². The third kappa shape index (κ3) is 3.19. The van der Waals surface area contributed by atoms with Crippen molar-refractivity contribution in [2.75, 3.05) is 27.2 Å². The van der Waals surface area contributed by atoms with Crippen LogP contribution in [0.1, 0.15) is 23.2 Å². The summed E-state index contributed by atoms with van der Waals surface area (Å²) in [5.74, 6) is 0.529. The Hall–Kier alpha value is -1.26. The molecule has 1 fully saturated rings. The number of halogens is 1. The van der Waals surface area contributed by atoms with E-state index in [1.165, 1.54) is 0 Å². The Bertz CT molecular complexity index is 459. The van der Waals surface area contributed by atoms with Crippen LogP contribution in [0.2, 0.25) is 5.02 Å². The molecule has 0 aromatic heterocycles. The van der Waals surface area contributed by atoms with Gasteiger partial charge in [0.05, 0.1) is 12.7 Å². The molecular weight excluding hydrogens is 264 g/mol. The van der Waals surface area contributed by atoms with Crippen LogP contribution in [-0.4, -0.2) is 44.1 Å². The van der Waals surface area contributed by atoms with Crippen molar-refractivity contribution >= 4 is 17.5 Å².